The Morgan fingerprint density at radius 1 is 0.838 bits per heavy atom. The summed E-state index contributed by atoms with van der Waals surface area (Å²) in [6.45, 7) is 0.470. The van der Waals surface area contributed by atoms with E-state index >= 15 is 0 Å². The maximum atomic E-state index is 12.8. The molecule has 0 bridgehead atoms. The smallest absolute Gasteiger partial charge is 0.255 e. The summed E-state index contributed by atoms with van der Waals surface area (Å²) in [6, 6.07) is 34.0. The molecule has 37 heavy (non-hydrogen) atoms. The lowest BCUT2D eigenvalue weighted by Crippen LogP contribution is -2.11. The van der Waals surface area contributed by atoms with E-state index in [4.69, 9.17) is 20.8 Å². The molecular weight excluding hydrogens is 484 g/mol. The lowest BCUT2D eigenvalue weighted by Gasteiger charge is -2.08. The van der Waals surface area contributed by atoms with Crippen LogP contribution >= 0.6 is 11.6 Å². The molecule has 180 valence electrons. The highest BCUT2D eigenvalue weighted by Crippen LogP contribution is 2.34. The molecule has 0 atom stereocenters. The van der Waals surface area contributed by atoms with E-state index in [0.29, 0.717) is 45.6 Å². The highest BCUT2D eigenvalue weighted by molar-refractivity contribution is 6.35. The van der Waals surface area contributed by atoms with Crippen molar-refractivity contribution in [3.63, 3.8) is 0 Å². The summed E-state index contributed by atoms with van der Waals surface area (Å²) in [6.07, 6.45) is 0. The van der Waals surface area contributed by atoms with E-state index in [9.17, 15) is 4.79 Å². The Morgan fingerprint density at radius 3 is 2.46 bits per heavy atom. The van der Waals surface area contributed by atoms with Crippen LogP contribution in [0.4, 0.5) is 5.69 Å². The predicted octanol–water partition coefficient (Wildman–Crippen LogP) is 8.13. The van der Waals surface area contributed by atoms with Crippen molar-refractivity contribution in [3.8, 4) is 17.2 Å². The number of rotatable bonds is 6. The Bertz CT molecular complexity index is 1730. The van der Waals surface area contributed by atoms with Crippen LogP contribution in [0.5, 0.6) is 5.75 Å². The summed E-state index contributed by atoms with van der Waals surface area (Å²) in [5.74, 6) is 0.977. The fraction of sp³-hybridized carbons (Fsp3) is 0.0323. The Labute approximate surface area is 218 Å². The highest BCUT2D eigenvalue weighted by Gasteiger charge is 2.14. The molecule has 0 spiro atoms. The molecule has 6 heteroatoms. The molecule has 5 nitrogen and oxygen atoms in total. The normalized spacial score (nSPS) is 11.1. The van der Waals surface area contributed by atoms with Gasteiger partial charge < -0.3 is 14.5 Å². The summed E-state index contributed by atoms with van der Waals surface area (Å²) in [5.41, 5.74) is 4.38. The number of oxazole rings is 1. The van der Waals surface area contributed by atoms with Gasteiger partial charge in [0.05, 0.1) is 0 Å². The first-order valence-electron chi connectivity index (χ1n) is 11.8. The molecule has 6 rings (SSSR count). The van der Waals surface area contributed by atoms with Crippen molar-refractivity contribution in [2.24, 2.45) is 0 Å². The van der Waals surface area contributed by atoms with Gasteiger partial charge in [-0.15, -0.1) is 0 Å². The molecule has 0 aliphatic carbocycles. The van der Waals surface area contributed by atoms with E-state index in [1.165, 1.54) is 0 Å². The molecule has 1 N–H and O–H groups in total. The van der Waals surface area contributed by atoms with E-state index < -0.39 is 0 Å². The molecule has 0 radical (unpaired) electrons. The standard InChI is InChI=1S/C31H21ClN2O3/c32-27-11-5-8-24-25(27)9-4-10-26(24)31-34-28-18-22(14-17-29(28)37-31)33-30(35)21-12-15-23(16-13-21)36-19-20-6-2-1-3-7-20/h1-18H,19H2,(H,33,35). The Hall–Kier alpha value is -4.61. The molecule has 5 aromatic carbocycles. The van der Waals surface area contributed by atoms with Gasteiger partial charge in [0.25, 0.3) is 5.91 Å². The van der Waals surface area contributed by atoms with Crippen molar-refractivity contribution in [1.29, 1.82) is 0 Å². The van der Waals surface area contributed by atoms with Gasteiger partial charge in [0.15, 0.2) is 5.58 Å². The Balaban J connectivity index is 1.18. The van der Waals surface area contributed by atoms with Crippen molar-refractivity contribution < 1.29 is 13.9 Å². The number of aromatic nitrogens is 1. The van der Waals surface area contributed by atoms with Crippen molar-refractivity contribution in [2.45, 2.75) is 6.61 Å². The number of carbonyl (C=O) groups is 1. The number of hydrogen-bond acceptors (Lipinski definition) is 4. The number of hydrogen-bond donors (Lipinski definition) is 1. The summed E-state index contributed by atoms with van der Waals surface area (Å²) in [5, 5.41) is 5.51. The zero-order chi connectivity index (χ0) is 25.2. The molecule has 0 saturated heterocycles. The predicted molar refractivity (Wildman–Crippen MR) is 147 cm³/mol. The van der Waals surface area contributed by atoms with Crippen LogP contribution in [0, 0.1) is 0 Å². The maximum absolute atomic E-state index is 12.8. The molecule has 0 fully saturated rings. The number of benzene rings is 5. The number of halogens is 1. The zero-order valence-corrected chi connectivity index (χ0v) is 20.4. The lowest BCUT2D eigenvalue weighted by atomic mass is 10.0. The van der Waals surface area contributed by atoms with Crippen LogP contribution in [-0.2, 0) is 6.61 Å². The number of amides is 1. The minimum atomic E-state index is -0.221. The molecular formula is C31H21ClN2O3. The van der Waals surface area contributed by atoms with Crippen LogP contribution in [0.1, 0.15) is 15.9 Å². The summed E-state index contributed by atoms with van der Waals surface area (Å²) in [4.78, 5) is 17.5. The molecule has 0 aliphatic heterocycles. The van der Waals surface area contributed by atoms with Gasteiger partial charge >= 0.3 is 0 Å². The van der Waals surface area contributed by atoms with Crippen LogP contribution < -0.4 is 10.1 Å². The number of fused-ring (bicyclic) bond motifs is 2. The quantitative estimate of drug-likeness (QED) is 0.248. The molecule has 6 aromatic rings. The second kappa shape index (κ2) is 9.80. The summed E-state index contributed by atoms with van der Waals surface area (Å²) >= 11 is 6.37. The number of anilines is 1. The van der Waals surface area contributed by atoms with E-state index in [2.05, 4.69) is 10.3 Å². The monoisotopic (exact) mass is 504 g/mol. The minimum absolute atomic E-state index is 0.221. The van der Waals surface area contributed by atoms with E-state index in [-0.39, 0.29) is 5.91 Å². The first-order chi connectivity index (χ1) is 18.1. The van der Waals surface area contributed by atoms with Gasteiger partial charge in [0.2, 0.25) is 5.89 Å². The SMILES string of the molecule is O=C(Nc1ccc2oc(-c3cccc4c(Cl)cccc34)nc2c1)c1ccc(OCc2ccccc2)cc1. The maximum Gasteiger partial charge on any atom is 0.255 e. The van der Waals surface area contributed by atoms with E-state index in [1.807, 2.05) is 66.7 Å². The van der Waals surface area contributed by atoms with Gasteiger partial charge in [-0.25, -0.2) is 4.98 Å². The first kappa shape index (κ1) is 22.8. The number of nitrogens with zero attached hydrogens (tertiary/aromatic N) is 1. The summed E-state index contributed by atoms with van der Waals surface area (Å²) < 4.78 is 11.8. The second-order valence-corrected chi connectivity index (χ2v) is 9.00. The lowest BCUT2D eigenvalue weighted by molar-refractivity contribution is 0.102. The molecule has 0 saturated carbocycles. The third kappa shape index (κ3) is 4.77. The fourth-order valence-electron chi connectivity index (χ4n) is 4.23. The average molecular weight is 505 g/mol. The summed E-state index contributed by atoms with van der Waals surface area (Å²) in [7, 11) is 0. The fourth-order valence-corrected chi connectivity index (χ4v) is 4.46. The molecule has 1 heterocycles. The van der Waals surface area contributed by atoms with Crippen LogP contribution in [0.25, 0.3) is 33.3 Å². The first-order valence-corrected chi connectivity index (χ1v) is 12.2. The topological polar surface area (TPSA) is 64.4 Å². The van der Waals surface area contributed by atoms with Gasteiger partial charge in [-0.2, -0.15) is 0 Å². The average Bonchev–Trinajstić information content (AvgIpc) is 3.36. The van der Waals surface area contributed by atoms with E-state index in [0.717, 1.165) is 21.9 Å². The molecule has 0 aliphatic rings. The van der Waals surface area contributed by atoms with Crippen LogP contribution in [0.3, 0.4) is 0 Å². The van der Waals surface area contributed by atoms with Gasteiger partial charge in [0.1, 0.15) is 17.9 Å². The second-order valence-electron chi connectivity index (χ2n) is 8.59. The van der Waals surface area contributed by atoms with Crippen LogP contribution in [0.2, 0.25) is 5.02 Å². The van der Waals surface area contributed by atoms with Crippen molar-refractivity contribution >= 4 is 45.1 Å². The van der Waals surface area contributed by atoms with Crippen molar-refractivity contribution in [3.05, 3.63) is 125 Å². The van der Waals surface area contributed by atoms with Crippen molar-refractivity contribution in [1.82, 2.24) is 4.98 Å². The number of carbonyl (C=O) groups excluding carboxylic acids is 1. The Morgan fingerprint density at radius 2 is 1.62 bits per heavy atom. The highest BCUT2D eigenvalue weighted by atomic mass is 35.5. The van der Waals surface area contributed by atoms with Gasteiger partial charge in [0, 0.05) is 27.2 Å². The van der Waals surface area contributed by atoms with Gasteiger partial charge in [-0.05, 0) is 65.5 Å². The molecule has 1 aromatic heterocycles. The molecule has 1 amide bonds. The van der Waals surface area contributed by atoms with E-state index in [1.54, 1.807) is 42.5 Å². The van der Waals surface area contributed by atoms with Gasteiger partial charge in [-0.3, -0.25) is 4.79 Å². The zero-order valence-electron chi connectivity index (χ0n) is 19.6. The van der Waals surface area contributed by atoms with Crippen molar-refractivity contribution in [2.75, 3.05) is 5.32 Å². The molecule has 0 unspecified atom stereocenters. The van der Waals surface area contributed by atoms with Crippen LogP contribution in [0.15, 0.2) is 114 Å². The van der Waals surface area contributed by atoms with Gasteiger partial charge in [-0.1, -0.05) is 66.2 Å². The third-order valence-electron chi connectivity index (χ3n) is 6.11. The van der Waals surface area contributed by atoms with Crippen LogP contribution in [-0.4, -0.2) is 10.9 Å². The third-order valence-corrected chi connectivity index (χ3v) is 6.44. The number of ether oxygens (including phenoxy) is 1. The largest absolute Gasteiger partial charge is 0.489 e. The Kier molecular flexibility index (Phi) is 6.05. The number of nitrogens with one attached hydrogen (secondary N) is 1. The minimum Gasteiger partial charge on any atom is -0.489 e.